The highest BCUT2D eigenvalue weighted by molar-refractivity contribution is 5.78. The highest BCUT2D eigenvalue weighted by Crippen LogP contribution is 2.14. The van der Waals surface area contributed by atoms with Crippen LogP contribution in [0, 0.1) is 0 Å². The molecule has 0 aromatic carbocycles. The Morgan fingerprint density at radius 1 is 0.519 bits per heavy atom. The standard InChI is InChI=1S/C24H46O3/c1-3-4-5-14-17-20-23(25)21-18-15-12-10-8-6-7-9-11-13-16-19-22-24(26)27-2/h3-22H2,1-2H3. The topological polar surface area (TPSA) is 43.4 Å². The third kappa shape index (κ3) is 21.3. The molecule has 0 unspecified atom stereocenters. The van der Waals surface area contributed by atoms with Gasteiger partial charge in [0.1, 0.15) is 5.78 Å². The summed E-state index contributed by atoms with van der Waals surface area (Å²) in [6.07, 6.45) is 23.3. The molecule has 0 amide bonds. The fourth-order valence-corrected chi connectivity index (χ4v) is 3.51. The molecule has 0 N–H and O–H groups in total. The van der Waals surface area contributed by atoms with Crippen LogP contribution in [-0.2, 0) is 14.3 Å². The first-order valence-corrected chi connectivity index (χ1v) is 11.8. The van der Waals surface area contributed by atoms with Crippen LogP contribution in [0.5, 0.6) is 0 Å². The molecule has 0 bridgehead atoms. The lowest BCUT2D eigenvalue weighted by Crippen LogP contribution is -1.99. The van der Waals surface area contributed by atoms with Gasteiger partial charge in [-0.1, -0.05) is 96.8 Å². The summed E-state index contributed by atoms with van der Waals surface area (Å²) in [4.78, 5) is 22.8. The quantitative estimate of drug-likeness (QED) is 0.152. The Bertz CT molecular complexity index is 339. The number of esters is 1. The maximum Gasteiger partial charge on any atom is 0.305 e. The van der Waals surface area contributed by atoms with Crippen molar-refractivity contribution >= 4 is 11.8 Å². The van der Waals surface area contributed by atoms with Crippen LogP contribution in [0.4, 0.5) is 0 Å². The van der Waals surface area contributed by atoms with Crippen molar-refractivity contribution in [3.05, 3.63) is 0 Å². The van der Waals surface area contributed by atoms with E-state index in [-0.39, 0.29) is 5.97 Å². The van der Waals surface area contributed by atoms with Crippen LogP contribution in [0.3, 0.4) is 0 Å². The molecular weight excluding hydrogens is 336 g/mol. The average Bonchev–Trinajstić information content (AvgIpc) is 2.67. The first kappa shape index (κ1) is 26.1. The second kappa shape index (κ2) is 21.4. The predicted octanol–water partition coefficient (Wildman–Crippen LogP) is 7.55. The van der Waals surface area contributed by atoms with E-state index in [1.807, 2.05) is 0 Å². The van der Waals surface area contributed by atoms with Gasteiger partial charge < -0.3 is 4.74 Å². The van der Waals surface area contributed by atoms with E-state index in [4.69, 9.17) is 0 Å². The summed E-state index contributed by atoms with van der Waals surface area (Å²) in [6, 6.07) is 0. The zero-order chi connectivity index (χ0) is 20.0. The molecule has 0 saturated heterocycles. The van der Waals surface area contributed by atoms with Crippen LogP contribution in [0.1, 0.15) is 135 Å². The molecule has 0 heterocycles. The number of Topliss-reactive ketones (excluding diaryl/α,β-unsaturated/α-hetero) is 1. The number of hydrogen-bond acceptors (Lipinski definition) is 3. The molecule has 0 aromatic heterocycles. The molecule has 160 valence electrons. The lowest BCUT2D eigenvalue weighted by Gasteiger charge is -2.04. The molecule has 0 aliphatic heterocycles. The first-order valence-electron chi connectivity index (χ1n) is 11.8. The molecule has 3 heteroatoms. The number of rotatable bonds is 21. The minimum Gasteiger partial charge on any atom is -0.469 e. The number of ether oxygens (including phenoxy) is 1. The molecule has 0 aliphatic rings. The lowest BCUT2D eigenvalue weighted by molar-refractivity contribution is -0.140. The minimum atomic E-state index is -0.0817. The van der Waals surface area contributed by atoms with Gasteiger partial charge >= 0.3 is 5.97 Å². The second-order valence-corrected chi connectivity index (χ2v) is 8.02. The molecule has 0 spiro atoms. The number of methoxy groups -OCH3 is 1. The summed E-state index contributed by atoms with van der Waals surface area (Å²) < 4.78 is 4.64. The van der Waals surface area contributed by atoms with Crippen LogP contribution < -0.4 is 0 Å². The van der Waals surface area contributed by atoms with Crippen molar-refractivity contribution in [2.45, 2.75) is 135 Å². The third-order valence-electron chi connectivity index (χ3n) is 5.37. The van der Waals surface area contributed by atoms with E-state index in [0.29, 0.717) is 12.2 Å². The van der Waals surface area contributed by atoms with Gasteiger partial charge in [0.05, 0.1) is 7.11 Å². The maximum atomic E-state index is 11.8. The molecule has 27 heavy (non-hydrogen) atoms. The lowest BCUT2D eigenvalue weighted by atomic mass is 10.0. The van der Waals surface area contributed by atoms with Gasteiger partial charge in [-0.2, -0.15) is 0 Å². The minimum absolute atomic E-state index is 0.0817. The van der Waals surface area contributed by atoms with Gasteiger partial charge in [0.15, 0.2) is 0 Å². The summed E-state index contributed by atoms with van der Waals surface area (Å²) in [7, 11) is 1.46. The van der Waals surface area contributed by atoms with E-state index in [0.717, 1.165) is 38.5 Å². The Kier molecular flexibility index (Phi) is 20.8. The summed E-state index contributed by atoms with van der Waals surface area (Å²) in [5.74, 6) is 0.403. The van der Waals surface area contributed by atoms with Crippen molar-refractivity contribution in [2.75, 3.05) is 7.11 Å². The SMILES string of the molecule is CCCCCCCC(=O)CCCCCCCCCCCCCCC(=O)OC. The molecule has 0 fully saturated rings. The number of carbonyl (C=O) groups excluding carboxylic acids is 2. The van der Waals surface area contributed by atoms with E-state index < -0.39 is 0 Å². The van der Waals surface area contributed by atoms with Gasteiger partial charge in [-0.3, -0.25) is 9.59 Å². The van der Waals surface area contributed by atoms with E-state index in [2.05, 4.69) is 11.7 Å². The normalized spacial score (nSPS) is 10.9. The largest absolute Gasteiger partial charge is 0.469 e. The number of carbonyl (C=O) groups is 2. The van der Waals surface area contributed by atoms with Crippen molar-refractivity contribution in [1.82, 2.24) is 0 Å². The first-order chi connectivity index (χ1) is 13.2. The van der Waals surface area contributed by atoms with Crippen molar-refractivity contribution < 1.29 is 14.3 Å². The van der Waals surface area contributed by atoms with Gasteiger partial charge in [0.25, 0.3) is 0 Å². The molecule has 0 aromatic rings. The van der Waals surface area contributed by atoms with Crippen molar-refractivity contribution in [3.8, 4) is 0 Å². The summed E-state index contributed by atoms with van der Waals surface area (Å²) in [5.41, 5.74) is 0. The Morgan fingerprint density at radius 3 is 1.22 bits per heavy atom. The van der Waals surface area contributed by atoms with Crippen molar-refractivity contribution in [3.63, 3.8) is 0 Å². The molecule has 3 nitrogen and oxygen atoms in total. The van der Waals surface area contributed by atoms with Crippen LogP contribution >= 0.6 is 0 Å². The van der Waals surface area contributed by atoms with E-state index in [1.165, 1.54) is 90.6 Å². The zero-order valence-corrected chi connectivity index (χ0v) is 18.4. The Labute approximate surface area is 169 Å². The molecule has 0 radical (unpaired) electrons. The van der Waals surface area contributed by atoms with Crippen LogP contribution in [0.15, 0.2) is 0 Å². The van der Waals surface area contributed by atoms with Gasteiger partial charge in [0, 0.05) is 19.3 Å². The van der Waals surface area contributed by atoms with Crippen molar-refractivity contribution in [1.29, 1.82) is 0 Å². The summed E-state index contributed by atoms with van der Waals surface area (Å²) in [6.45, 7) is 2.23. The monoisotopic (exact) mass is 382 g/mol. The summed E-state index contributed by atoms with van der Waals surface area (Å²) in [5, 5.41) is 0. The van der Waals surface area contributed by atoms with Gasteiger partial charge in [-0.05, 0) is 19.3 Å². The second-order valence-electron chi connectivity index (χ2n) is 8.02. The smallest absolute Gasteiger partial charge is 0.305 e. The van der Waals surface area contributed by atoms with Gasteiger partial charge in [-0.25, -0.2) is 0 Å². The predicted molar refractivity (Wildman–Crippen MR) is 115 cm³/mol. The molecule has 0 saturated carbocycles. The third-order valence-corrected chi connectivity index (χ3v) is 5.37. The van der Waals surface area contributed by atoms with Crippen LogP contribution in [-0.4, -0.2) is 18.9 Å². The number of ketones is 1. The Morgan fingerprint density at radius 2 is 0.852 bits per heavy atom. The number of unbranched alkanes of at least 4 members (excludes halogenated alkanes) is 15. The van der Waals surface area contributed by atoms with Crippen LogP contribution in [0.2, 0.25) is 0 Å². The summed E-state index contributed by atoms with van der Waals surface area (Å²) >= 11 is 0. The molecule has 0 rings (SSSR count). The molecule has 0 atom stereocenters. The maximum absolute atomic E-state index is 11.8. The highest BCUT2D eigenvalue weighted by Gasteiger charge is 2.02. The van der Waals surface area contributed by atoms with Gasteiger partial charge in [-0.15, -0.1) is 0 Å². The van der Waals surface area contributed by atoms with Gasteiger partial charge in [0.2, 0.25) is 0 Å². The molecule has 0 aliphatic carbocycles. The number of hydrogen-bond donors (Lipinski definition) is 0. The Balaban J connectivity index is 3.14. The molecular formula is C24H46O3. The average molecular weight is 383 g/mol. The highest BCUT2D eigenvalue weighted by atomic mass is 16.5. The van der Waals surface area contributed by atoms with E-state index in [1.54, 1.807) is 0 Å². The fourth-order valence-electron chi connectivity index (χ4n) is 3.51. The van der Waals surface area contributed by atoms with Crippen LogP contribution in [0.25, 0.3) is 0 Å². The Hall–Kier alpha value is -0.860. The van der Waals surface area contributed by atoms with Crippen molar-refractivity contribution in [2.24, 2.45) is 0 Å². The zero-order valence-electron chi connectivity index (χ0n) is 18.4. The van der Waals surface area contributed by atoms with E-state index >= 15 is 0 Å². The van der Waals surface area contributed by atoms with E-state index in [9.17, 15) is 9.59 Å². The fraction of sp³-hybridized carbons (Fsp3) is 0.917.